The van der Waals surface area contributed by atoms with Crippen molar-refractivity contribution in [3.63, 3.8) is 0 Å². The van der Waals surface area contributed by atoms with Gasteiger partial charge in [-0.05, 0) is 38.3 Å². The van der Waals surface area contributed by atoms with E-state index in [1.807, 2.05) is 11.9 Å². The van der Waals surface area contributed by atoms with Crippen molar-refractivity contribution in [2.75, 3.05) is 44.7 Å². The van der Waals surface area contributed by atoms with Gasteiger partial charge in [-0.15, -0.1) is 0 Å². The van der Waals surface area contributed by atoms with E-state index in [-0.39, 0.29) is 23.7 Å². The molecular weight excluding hydrogens is 337 g/mol. The van der Waals surface area contributed by atoms with Crippen LogP contribution in [0.2, 0.25) is 0 Å². The first kappa shape index (κ1) is 20.0. The molecule has 0 aromatic heterocycles. The number of urea groups is 1. The third-order valence-electron chi connectivity index (χ3n) is 4.61. The molecule has 26 heavy (non-hydrogen) atoms. The molecule has 0 unspecified atom stereocenters. The molecule has 1 fully saturated rings. The minimum absolute atomic E-state index is 0.103. The summed E-state index contributed by atoms with van der Waals surface area (Å²) in [6, 6.07) is 6.53. The Morgan fingerprint density at radius 2 is 2.00 bits per heavy atom. The maximum atomic E-state index is 13.7. The van der Waals surface area contributed by atoms with Gasteiger partial charge in [0.1, 0.15) is 5.82 Å². The first-order chi connectivity index (χ1) is 12.5. The molecule has 6 nitrogen and oxygen atoms in total. The van der Waals surface area contributed by atoms with Crippen LogP contribution in [-0.4, -0.2) is 56.7 Å². The highest BCUT2D eigenvalue weighted by Gasteiger charge is 2.27. The first-order valence-electron chi connectivity index (χ1n) is 9.18. The Labute approximate surface area is 154 Å². The van der Waals surface area contributed by atoms with Gasteiger partial charge in [0.15, 0.2) is 0 Å². The Kier molecular flexibility index (Phi) is 7.69. The summed E-state index contributed by atoms with van der Waals surface area (Å²) in [7, 11) is 1.83. The molecule has 1 aliphatic rings. The summed E-state index contributed by atoms with van der Waals surface area (Å²) in [4.78, 5) is 27.5. The van der Waals surface area contributed by atoms with E-state index >= 15 is 0 Å². The molecule has 0 bridgehead atoms. The number of carbonyl (C=O) groups is 2. The van der Waals surface area contributed by atoms with Gasteiger partial charge in [0.25, 0.3) is 0 Å². The smallest absolute Gasteiger partial charge is 0.317 e. The summed E-state index contributed by atoms with van der Waals surface area (Å²) in [6.45, 7) is 4.47. The number of amides is 2. The van der Waals surface area contributed by atoms with Gasteiger partial charge < -0.3 is 19.9 Å². The van der Waals surface area contributed by atoms with Gasteiger partial charge >= 0.3 is 12.0 Å². The number of hydrogen-bond acceptors (Lipinski definition) is 4. The van der Waals surface area contributed by atoms with Crippen LogP contribution in [-0.2, 0) is 9.53 Å². The van der Waals surface area contributed by atoms with E-state index in [2.05, 4.69) is 5.32 Å². The molecule has 2 amide bonds. The fourth-order valence-corrected chi connectivity index (χ4v) is 3.08. The highest BCUT2D eigenvalue weighted by atomic mass is 19.1. The number of hydrogen-bond donors (Lipinski definition) is 1. The Morgan fingerprint density at radius 1 is 1.31 bits per heavy atom. The molecule has 1 heterocycles. The Morgan fingerprint density at radius 3 is 2.65 bits per heavy atom. The third kappa shape index (κ3) is 5.61. The Balaban J connectivity index is 1.65. The van der Waals surface area contributed by atoms with E-state index in [4.69, 9.17) is 4.74 Å². The summed E-state index contributed by atoms with van der Waals surface area (Å²) in [5.74, 6) is -0.513. The zero-order valence-electron chi connectivity index (χ0n) is 15.5. The molecule has 0 aliphatic carbocycles. The van der Waals surface area contributed by atoms with Crippen molar-refractivity contribution < 1.29 is 18.7 Å². The molecule has 7 heteroatoms. The van der Waals surface area contributed by atoms with Crippen LogP contribution in [0.4, 0.5) is 14.9 Å². The Hall–Kier alpha value is -2.31. The molecule has 1 saturated heterocycles. The zero-order valence-corrected chi connectivity index (χ0v) is 15.5. The number of para-hydroxylation sites is 1. The van der Waals surface area contributed by atoms with Crippen LogP contribution in [0.1, 0.15) is 26.2 Å². The van der Waals surface area contributed by atoms with Crippen molar-refractivity contribution in [3.05, 3.63) is 30.1 Å². The number of esters is 1. The standard InChI is InChI=1S/C19H28FN3O3/c1-3-26-18(24)15-9-13-23(14-10-15)19(25)21-11-6-12-22(2)17-8-5-4-7-16(17)20/h4-5,7-8,15H,3,6,9-14H2,1-2H3,(H,21,25). The van der Waals surface area contributed by atoms with E-state index in [0.29, 0.717) is 51.3 Å². The van der Waals surface area contributed by atoms with Crippen LogP contribution in [0, 0.1) is 11.7 Å². The normalized spacial score (nSPS) is 14.8. The fraction of sp³-hybridized carbons (Fsp3) is 0.579. The van der Waals surface area contributed by atoms with Crippen molar-refractivity contribution in [1.82, 2.24) is 10.2 Å². The summed E-state index contributed by atoms with van der Waals surface area (Å²) >= 11 is 0. The molecular formula is C19H28FN3O3. The molecule has 0 radical (unpaired) electrons. The van der Waals surface area contributed by atoms with E-state index in [9.17, 15) is 14.0 Å². The molecule has 144 valence electrons. The summed E-state index contributed by atoms with van der Waals surface area (Å²) < 4.78 is 18.7. The SMILES string of the molecule is CCOC(=O)C1CCN(C(=O)NCCCN(C)c2ccccc2F)CC1. The monoisotopic (exact) mass is 365 g/mol. The molecule has 2 rings (SSSR count). The topological polar surface area (TPSA) is 61.9 Å². The van der Waals surface area contributed by atoms with Gasteiger partial charge in [-0.3, -0.25) is 4.79 Å². The average Bonchev–Trinajstić information content (AvgIpc) is 2.65. The molecule has 1 N–H and O–H groups in total. The molecule has 0 saturated carbocycles. The number of carbonyl (C=O) groups excluding carboxylic acids is 2. The van der Waals surface area contributed by atoms with Crippen LogP contribution in [0.25, 0.3) is 0 Å². The van der Waals surface area contributed by atoms with Crippen LogP contribution in [0.5, 0.6) is 0 Å². The van der Waals surface area contributed by atoms with Crippen molar-refractivity contribution in [2.24, 2.45) is 5.92 Å². The van der Waals surface area contributed by atoms with Crippen LogP contribution >= 0.6 is 0 Å². The predicted molar refractivity (Wildman–Crippen MR) is 98.6 cm³/mol. The third-order valence-corrected chi connectivity index (χ3v) is 4.61. The van der Waals surface area contributed by atoms with E-state index in [1.54, 1.807) is 30.0 Å². The molecule has 0 spiro atoms. The second-order valence-electron chi connectivity index (χ2n) is 6.47. The number of piperidine rings is 1. The minimum Gasteiger partial charge on any atom is -0.466 e. The molecule has 1 aliphatic heterocycles. The van der Waals surface area contributed by atoms with E-state index in [1.165, 1.54) is 6.07 Å². The Bertz CT molecular complexity index is 603. The summed E-state index contributed by atoms with van der Waals surface area (Å²) in [6.07, 6.45) is 2.00. The van der Waals surface area contributed by atoms with Crippen molar-refractivity contribution in [3.8, 4) is 0 Å². The van der Waals surface area contributed by atoms with Crippen molar-refractivity contribution >= 4 is 17.7 Å². The number of rotatable bonds is 7. The van der Waals surface area contributed by atoms with Gasteiger partial charge in [0.05, 0.1) is 18.2 Å². The van der Waals surface area contributed by atoms with Crippen LogP contribution < -0.4 is 10.2 Å². The number of halogens is 1. The lowest BCUT2D eigenvalue weighted by Gasteiger charge is -2.31. The lowest BCUT2D eigenvalue weighted by molar-refractivity contribution is -0.149. The van der Waals surface area contributed by atoms with E-state index in [0.717, 1.165) is 6.42 Å². The number of nitrogens with one attached hydrogen (secondary N) is 1. The average molecular weight is 365 g/mol. The van der Waals surface area contributed by atoms with Gasteiger partial charge in [0.2, 0.25) is 0 Å². The lowest BCUT2D eigenvalue weighted by Crippen LogP contribution is -2.46. The van der Waals surface area contributed by atoms with Gasteiger partial charge in [-0.1, -0.05) is 12.1 Å². The van der Waals surface area contributed by atoms with Crippen molar-refractivity contribution in [2.45, 2.75) is 26.2 Å². The summed E-state index contributed by atoms with van der Waals surface area (Å²) in [5, 5.41) is 2.89. The minimum atomic E-state index is -0.247. The second kappa shape index (κ2) is 9.99. The second-order valence-corrected chi connectivity index (χ2v) is 6.47. The van der Waals surface area contributed by atoms with Crippen molar-refractivity contribution in [1.29, 1.82) is 0 Å². The number of ether oxygens (including phenoxy) is 1. The van der Waals surface area contributed by atoms with Crippen LogP contribution in [0.15, 0.2) is 24.3 Å². The number of likely N-dealkylation sites (tertiary alicyclic amines) is 1. The largest absolute Gasteiger partial charge is 0.466 e. The molecule has 0 atom stereocenters. The molecule has 1 aromatic rings. The maximum absolute atomic E-state index is 13.7. The lowest BCUT2D eigenvalue weighted by atomic mass is 9.97. The maximum Gasteiger partial charge on any atom is 0.317 e. The fourth-order valence-electron chi connectivity index (χ4n) is 3.08. The zero-order chi connectivity index (χ0) is 18.9. The highest BCUT2D eigenvalue weighted by molar-refractivity contribution is 5.76. The quantitative estimate of drug-likeness (QED) is 0.596. The van der Waals surface area contributed by atoms with Crippen LogP contribution in [0.3, 0.4) is 0 Å². The van der Waals surface area contributed by atoms with E-state index < -0.39 is 0 Å². The summed E-state index contributed by atoms with van der Waals surface area (Å²) in [5.41, 5.74) is 0.555. The number of anilines is 1. The van der Waals surface area contributed by atoms with Gasteiger partial charge in [-0.2, -0.15) is 0 Å². The first-order valence-corrected chi connectivity index (χ1v) is 9.18. The number of nitrogens with zero attached hydrogens (tertiary/aromatic N) is 2. The molecule has 1 aromatic carbocycles. The van der Waals surface area contributed by atoms with Gasteiger partial charge in [0, 0.05) is 33.2 Å². The van der Waals surface area contributed by atoms with Gasteiger partial charge in [-0.25, -0.2) is 9.18 Å². The highest BCUT2D eigenvalue weighted by Crippen LogP contribution is 2.19. The predicted octanol–water partition coefficient (Wildman–Crippen LogP) is 2.64. The number of benzene rings is 1.